The van der Waals surface area contributed by atoms with E-state index in [0.29, 0.717) is 12.5 Å². The molecule has 4 heteroatoms. The zero-order chi connectivity index (χ0) is 12.0. The lowest BCUT2D eigenvalue weighted by molar-refractivity contribution is 0.164. The molecule has 1 atom stereocenters. The van der Waals surface area contributed by atoms with Crippen LogP contribution in [0, 0.1) is 11.7 Å². The lowest BCUT2D eigenvalue weighted by atomic mass is 10.2. The topological polar surface area (TPSA) is 30.5 Å². The first-order chi connectivity index (χ1) is 7.67. The summed E-state index contributed by atoms with van der Waals surface area (Å²) in [7, 11) is 3.12. The van der Waals surface area contributed by atoms with Crippen molar-refractivity contribution in [2.45, 2.75) is 6.92 Å². The van der Waals surface area contributed by atoms with Crippen LogP contribution in [0.25, 0.3) is 0 Å². The fourth-order valence-electron chi connectivity index (χ4n) is 1.41. The predicted molar refractivity (Wildman–Crippen MR) is 62.5 cm³/mol. The number of halogens is 1. The van der Waals surface area contributed by atoms with E-state index in [2.05, 4.69) is 12.2 Å². The highest BCUT2D eigenvalue weighted by molar-refractivity contribution is 5.47. The molecule has 0 aliphatic heterocycles. The number of anilines is 1. The Bertz CT molecular complexity index is 331. The number of rotatable bonds is 6. The Morgan fingerprint density at radius 2 is 2.12 bits per heavy atom. The molecule has 1 rings (SSSR count). The third kappa shape index (κ3) is 3.70. The Hall–Kier alpha value is -1.29. The molecule has 1 aromatic rings. The number of ether oxygens (including phenoxy) is 2. The number of hydrogen-bond donors (Lipinski definition) is 1. The van der Waals surface area contributed by atoms with Crippen LogP contribution in [0.1, 0.15) is 6.92 Å². The average molecular weight is 227 g/mol. The summed E-state index contributed by atoms with van der Waals surface area (Å²) >= 11 is 0. The van der Waals surface area contributed by atoms with Crippen molar-refractivity contribution in [1.29, 1.82) is 0 Å². The first-order valence-corrected chi connectivity index (χ1v) is 5.23. The molecule has 0 radical (unpaired) electrons. The van der Waals surface area contributed by atoms with Gasteiger partial charge in [-0.1, -0.05) is 6.92 Å². The SMILES string of the molecule is COCC(C)CNc1ccc(OC)c(F)c1. The normalized spacial score (nSPS) is 12.2. The molecule has 0 bridgehead atoms. The van der Waals surface area contributed by atoms with E-state index in [-0.39, 0.29) is 11.6 Å². The van der Waals surface area contributed by atoms with Gasteiger partial charge in [-0.15, -0.1) is 0 Å². The first kappa shape index (κ1) is 12.8. The molecule has 0 amide bonds. The molecule has 90 valence electrons. The molecule has 1 aromatic carbocycles. The Morgan fingerprint density at radius 1 is 1.38 bits per heavy atom. The smallest absolute Gasteiger partial charge is 0.167 e. The molecule has 0 aliphatic rings. The Kier molecular flexibility index (Phi) is 5.05. The summed E-state index contributed by atoms with van der Waals surface area (Å²) in [6.07, 6.45) is 0. The van der Waals surface area contributed by atoms with Crippen molar-refractivity contribution in [1.82, 2.24) is 0 Å². The van der Waals surface area contributed by atoms with Gasteiger partial charge in [0, 0.05) is 25.4 Å². The summed E-state index contributed by atoms with van der Waals surface area (Å²) in [5.41, 5.74) is 0.751. The van der Waals surface area contributed by atoms with Crippen molar-refractivity contribution in [2.75, 3.05) is 32.7 Å². The van der Waals surface area contributed by atoms with E-state index < -0.39 is 0 Å². The third-order valence-electron chi connectivity index (χ3n) is 2.26. The highest BCUT2D eigenvalue weighted by Crippen LogP contribution is 2.20. The maximum atomic E-state index is 13.3. The van der Waals surface area contributed by atoms with Gasteiger partial charge < -0.3 is 14.8 Å². The lowest BCUT2D eigenvalue weighted by Gasteiger charge is -2.13. The van der Waals surface area contributed by atoms with Crippen LogP contribution in [0.4, 0.5) is 10.1 Å². The zero-order valence-corrected chi connectivity index (χ0v) is 9.92. The second-order valence-corrected chi connectivity index (χ2v) is 3.79. The Balaban J connectivity index is 2.51. The molecule has 0 heterocycles. The van der Waals surface area contributed by atoms with Crippen molar-refractivity contribution in [3.8, 4) is 5.75 Å². The van der Waals surface area contributed by atoms with Gasteiger partial charge >= 0.3 is 0 Å². The zero-order valence-electron chi connectivity index (χ0n) is 9.92. The van der Waals surface area contributed by atoms with Crippen molar-refractivity contribution in [3.63, 3.8) is 0 Å². The molecule has 0 aromatic heterocycles. The van der Waals surface area contributed by atoms with Crippen LogP contribution in [0.15, 0.2) is 18.2 Å². The van der Waals surface area contributed by atoms with Gasteiger partial charge in [-0.2, -0.15) is 0 Å². The Labute approximate surface area is 95.6 Å². The van der Waals surface area contributed by atoms with E-state index in [1.165, 1.54) is 13.2 Å². The molecular formula is C12H18FNO2. The summed E-state index contributed by atoms with van der Waals surface area (Å²) < 4.78 is 23.2. The number of methoxy groups -OCH3 is 2. The molecule has 1 unspecified atom stereocenters. The molecule has 1 N–H and O–H groups in total. The highest BCUT2D eigenvalue weighted by Gasteiger charge is 2.05. The minimum Gasteiger partial charge on any atom is -0.494 e. The maximum Gasteiger partial charge on any atom is 0.167 e. The molecule has 3 nitrogen and oxygen atoms in total. The minimum absolute atomic E-state index is 0.260. The van der Waals surface area contributed by atoms with Gasteiger partial charge in [-0.25, -0.2) is 4.39 Å². The highest BCUT2D eigenvalue weighted by atomic mass is 19.1. The fraction of sp³-hybridized carbons (Fsp3) is 0.500. The molecule has 0 fully saturated rings. The molecule has 0 saturated heterocycles. The van der Waals surface area contributed by atoms with Gasteiger partial charge in [0.15, 0.2) is 11.6 Å². The van der Waals surface area contributed by atoms with Gasteiger partial charge in [-0.05, 0) is 18.1 Å². The van der Waals surface area contributed by atoms with Crippen molar-refractivity contribution >= 4 is 5.69 Å². The van der Waals surface area contributed by atoms with E-state index in [9.17, 15) is 4.39 Å². The van der Waals surface area contributed by atoms with E-state index in [4.69, 9.17) is 9.47 Å². The van der Waals surface area contributed by atoms with Crippen LogP contribution in [0.5, 0.6) is 5.75 Å². The number of nitrogens with one attached hydrogen (secondary N) is 1. The largest absolute Gasteiger partial charge is 0.494 e. The predicted octanol–water partition coefficient (Wildman–Crippen LogP) is 2.53. The van der Waals surface area contributed by atoms with Gasteiger partial charge in [0.25, 0.3) is 0 Å². The Morgan fingerprint density at radius 3 is 2.69 bits per heavy atom. The minimum atomic E-state index is -0.355. The second-order valence-electron chi connectivity index (χ2n) is 3.79. The van der Waals surface area contributed by atoms with Crippen LogP contribution in [-0.2, 0) is 4.74 Å². The van der Waals surface area contributed by atoms with E-state index >= 15 is 0 Å². The standard InChI is InChI=1S/C12H18FNO2/c1-9(8-15-2)7-14-10-4-5-12(16-3)11(13)6-10/h4-6,9,14H,7-8H2,1-3H3. The summed E-state index contributed by atoms with van der Waals surface area (Å²) in [4.78, 5) is 0. The number of benzene rings is 1. The monoisotopic (exact) mass is 227 g/mol. The number of hydrogen-bond acceptors (Lipinski definition) is 3. The van der Waals surface area contributed by atoms with Gasteiger partial charge in [0.2, 0.25) is 0 Å². The fourth-order valence-corrected chi connectivity index (χ4v) is 1.41. The van der Waals surface area contributed by atoms with Crippen molar-refractivity contribution in [3.05, 3.63) is 24.0 Å². The van der Waals surface area contributed by atoms with Crippen LogP contribution in [0.3, 0.4) is 0 Å². The van der Waals surface area contributed by atoms with Gasteiger partial charge in [0.05, 0.1) is 13.7 Å². The molecule has 0 spiro atoms. The summed E-state index contributed by atoms with van der Waals surface area (Å²) in [6, 6.07) is 4.83. The molecule has 16 heavy (non-hydrogen) atoms. The first-order valence-electron chi connectivity index (χ1n) is 5.23. The summed E-state index contributed by atoms with van der Waals surface area (Å²) in [5, 5.41) is 3.15. The van der Waals surface area contributed by atoms with Crippen LogP contribution >= 0.6 is 0 Å². The molecule has 0 saturated carbocycles. The van der Waals surface area contributed by atoms with Crippen LogP contribution in [0.2, 0.25) is 0 Å². The van der Waals surface area contributed by atoms with Crippen LogP contribution in [-0.4, -0.2) is 27.4 Å². The van der Waals surface area contributed by atoms with E-state index in [1.54, 1.807) is 19.2 Å². The molecule has 0 aliphatic carbocycles. The van der Waals surface area contributed by atoms with Crippen LogP contribution < -0.4 is 10.1 Å². The quantitative estimate of drug-likeness (QED) is 0.810. The molecular weight excluding hydrogens is 209 g/mol. The summed E-state index contributed by atoms with van der Waals surface area (Å²) in [5.74, 6) is 0.289. The lowest BCUT2D eigenvalue weighted by Crippen LogP contribution is -2.15. The van der Waals surface area contributed by atoms with Gasteiger partial charge in [0.1, 0.15) is 0 Å². The average Bonchev–Trinajstić information content (AvgIpc) is 2.27. The van der Waals surface area contributed by atoms with E-state index in [1.807, 2.05) is 0 Å². The maximum absolute atomic E-state index is 13.3. The second kappa shape index (κ2) is 6.33. The van der Waals surface area contributed by atoms with Gasteiger partial charge in [-0.3, -0.25) is 0 Å². The summed E-state index contributed by atoms with van der Waals surface area (Å²) in [6.45, 7) is 3.50. The third-order valence-corrected chi connectivity index (χ3v) is 2.26. The van der Waals surface area contributed by atoms with Crippen molar-refractivity contribution in [2.24, 2.45) is 5.92 Å². The van der Waals surface area contributed by atoms with E-state index in [0.717, 1.165) is 12.2 Å². The van der Waals surface area contributed by atoms with Crippen molar-refractivity contribution < 1.29 is 13.9 Å².